The van der Waals surface area contributed by atoms with Crippen molar-refractivity contribution in [1.29, 1.82) is 0 Å². The van der Waals surface area contributed by atoms with Crippen molar-refractivity contribution in [2.45, 2.75) is 38.6 Å². The molecular formula is C15H20FNO. The molecule has 0 aromatic heterocycles. The minimum Gasteiger partial charge on any atom is -0.338 e. The van der Waals surface area contributed by atoms with Crippen LogP contribution in [0, 0.1) is 11.7 Å². The van der Waals surface area contributed by atoms with Crippen molar-refractivity contribution >= 4 is 5.91 Å². The molecule has 1 saturated carbocycles. The predicted octanol–water partition coefficient (Wildman–Crippen LogP) is 3.48. The fourth-order valence-electron chi connectivity index (χ4n) is 2.82. The summed E-state index contributed by atoms with van der Waals surface area (Å²) in [6.07, 6.45) is 4.71. The summed E-state index contributed by atoms with van der Waals surface area (Å²) in [4.78, 5) is 14.1. The Kier molecular flexibility index (Phi) is 4.00. The van der Waals surface area contributed by atoms with Gasteiger partial charge in [-0.15, -0.1) is 0 Å². The van der Waals surface area contributed by atoms with Gasteiger partial charge in [0.15, 0.2) is 0 Å². The standard InChI is InChI=1S/C15H20FNO/c1-11-5-3-4-6-14(11)17(2)15(18)12-7-9-13(16)10-8-12/h7-11,14H,3-6H2,1-2H3. The Labute approximate surface area is 108 Å². The summed E-state index contributed by atoms with van der Waals surface area (Å²) >= 11 is 0. The Morgan fingerprint density at radius 3 is 2.44 bits per heavy atom. The van der Waals surface area contributed by atoms with Gasteiger partial charge in [0.25, 0.3) is 5.91 Å². The zero-order valence-corrected chi connectivity index (χ0v) is 11.0. The van der Waals surface area contributed by atoms with E-state index in [1.807, 2.05) is 11.9 Å². The van der Waals surface area contributed by atoms with Gasteiger partial charge in [-0.2, -0.15) is 0 Å². The van der Waals surface area contributed by atoms with Gasteiger partial charge in [-0.1, -0.05) is 19.8 Å². The van der Waals surface area contributed by atoms with Crippen LogP contribution in [0.4, 0.5) is 4.39 Å². The Morgan fingerprint density at radius 1 is 1.22 bits per heavy atom. The molecule has 2 atom stereocenters. The van der Waals surface area contributed by atoms with Crippen molar-refractivity contribution in [2.24, 2.45) is 5.92 Å². The van der Waals surface area contributed by atoms with E-state index in [1.165, 1.54) is 31.4 Å². The first-order valence-corrected chi connectivity index (χ1v) is 6.62. The van der Waals surface area contributed by atoms with Gasteiger partial charge in [0.1, 0.15) is 5.82 Å². The van der Waals surface area contributed by atoms with Crippen molar-refractivity contribution in [3.8, 4) is 0 Å². The summed E-state index contributed by atoms with van der Waals surface area (Å²) in [6.45, 7) is 2.21. The maximum absolute atomic E-state index is 12.8. The molecular weight excluding hydrogens is 229 g/mol. The fraction of sp³-hybridized carbons (Fsp3) is 0.533. The third-order valence-electron chi connectivity index (χ3n) is 3.98. The Morgan fingerprint density at radius 2 is 1.83 bits per heavy atom. The molecule has 1 amide bonds. The second-order valence-corrected chi connectivity index (χ2v) is 5.25. The SMILES string of the molecule is CC1CCCCC1N(C)C(=O)c1ccc(F)cc1. The molecule has 0 aliphatic heterocycles. The highest BCUT2D eigenvalue weighted by atomic mass is 19.1. The van der Waals surface area contributed by atoms with Crippen LogP contribution in [0.1, 0.15) is 43.0 Å². The number of benzene rings is 1. The number of carbonyl (C=O) groups excluding carboxylic acids is 1. The zero-order chi connectivity index (χ0) is 13.1. The molecule has 2 rings (SSSR count). The van der Waals surface area contributed by atoms with Crippen molar-refractivity contribution in [3.05, 3.63) is 35.6 Å². The minimum atomic E-state index is -0.305. The van der Waals surface area contributed by atoms with Gasteiger partial charge in [0.2, 0.25) is 0 Å². The minimum absolute atomic E-state index is 0.00579. The van der Waals surface area contributed by atoms with Crippen LogP contribution in [0.15, 0.2) is 24.3 Å². The lowest BCUT2D eigenvalue weighted by Gasteiger charge is -2.36. The summed E-state index contributed by atoms with van der Waals surface area (Å²) in [5.74, 6) is 0.238. The molecule has 98 valence electrons. The van der Waals surface area contributed by atoms with E-state index < -0.39 is 0 Å². The molecule has 0 spiro atoms. The average Bonchev–Trinajstić information content (AvgIpc) is 2.38. The highest BCUT2D eigenvalue weighted by Crippen LogP contribution is 2.28. The largest absolute Gasteiger partial charge is 0.338 e. The normalized spacial score (nSPS) is 23.7. The number of carbonyl (C=O) groups is 1. The molecule has 0 heterocycles. The molecule has 1 aliphatic carbocycles. The lowest BCUT2D eigenvalue weighted by Crippen LogP contribution is -2.42. The van der Waals surface area contributed by atoms with Crippen LogP contribution in [0.3, 0.4) is 0 Å². The van der Waals surface area contributed by atoms with Crippen molar-refractivity contribution in [2.75, 3.05) is 7.05 Å². The molecule has 0 bridgehead atoms. The predicted molar refractivity (Wildman–Crippen MR) is 69.9 cm³/mol. The van der Waals surface area contributed by atoms with E-state index >= 15 is 0 Å². The van der Waals surface area contributed by atoms with Crippen LogP contribution in [0.2, 0.25) is 0 Å². The fourth-order valence-corrected chi connectivity index (χ4v) is 2.82. The van der Waals surface area contributed by atoms with Gasteiger partial charge < -0.3 is 4.90 Å². The van der Waals surface area contributed by atoms with E-state index in [-0.39, 0.29) is 11.7 Å². The van der Waals surface area contributed by atoms with E-state index in [2.05, 4.69) is 6.92 Å². The van der Waals surface area contributed by atoms with Gasteiger partial charge in [-0.05, 0) is 43.0 Å². The lowest BCUT2D eigenvalue weighted by atomic mass is 9.85. The van der Waals surface area contributed by atoms with E-state index in [4.69, 9.17) is 0 Å². The first-order chi connectivity index (χ1) is 8.59. The number of halogens is 1. The lowest BCUT2D eigenvalue weighted by molar-refractivity contribution is 0.0629. The van der Waals surface area contributed by atoms with Crippen LogP contribution in [0.5, 0.6) is 0 Å². The highest BCUT2D eigenvalue weighted by molar-refractivity contribution is 5.94. The molecule has 18 heavy (non-hydrogen) atoms. The van der Waals surface area contributed by atoms with Crippen LogP contribution in [-0.4, -0.2) is 23.9 Å². The van der Waals surface area contributed by atoms with E-state index in [0.717, 1.165) is 6.42 Å². The van der Waals surface area contributed by atoms with Crippen LogP contribution in [0.25, 0.3) is 0 Å². The van der Waals surface area contributed by atoms with Gasteiger partial charge >= 0.3 is 0 Å². The first-order valence-electron chi connectivity index (χ1n) is 6.62. The number of hydrogen-bond donors (Lipinski definition) is 0. The average molecular weight is 249 g/mol. The number of nitrogens with zero attached hydrogens (tertiary/aromatic N) is 1. The molecule has 1 aromatic carbocycles. The summed E-state index contributed by atoms with van der Waals surface area (Å²) in [5, 5.41) is 0. The van der Waals surface area contributed by atoms with Crippen molar-refractivity contribution in [3.63, 3.8) is 0 Å². The Balaban J connectivity index is 2.10. The maximum Gasteiger partial charge on any atom is 0.253 e. The van der Waals surface area contributed by atoms with Crippen LogP contribution < -0.4 is 0 Å². The van der Waals surface area contributed by atoms with Gasteiger partial charge in [0, 0.05) is 18.7 Å². The highest BCUT2D eigenvalue weighted by Gasteiger charge is 2.28. The second-order valence-electron chi connectivity index (χ2n) is 5.25. The molecule has 2 unspecified atom stereocenters. The van der Waals surface area contributed by atoms with Gasteiger partial charge in [0.05, 0.1) is 0 Å². The maximum atomic E-state index is 12.8. The third kappa shape index (κ3) is 2.71. The molecule has 0 radical (unpaired) electrons. The second kappa shape index (κ2) is 5.51. The van der Waals surface area contributed by atoms with E-state index in [9.17, 15) is 9.18 Å². The number of rotatable bonds is 2. The quantitative estimate of drug-likeness (QED) is 0.785. The summed E-state index contributed by atoms with van der Waals surface area (Å²) in [6, 6.07) is 6.11. The Hall–Kier alpha value is -1.38. The van der Waals surface area contributed by atoms with Crippen molar-refractivity contribution in [1.82, 2.24) is 4.90 Å². The Bertz CT molecular complexity index is 415. The van der Waals surface area contributed by atoms with Gasteiger partial charge in [-0.25, -0.2) is 4.39 Å². The smallest absolute Gasteiger partial charge is 0.253 e. The van der Waals surface area contributed by atoms with Crippen LogP contribution in [-0.2, 0) is 0 Å². The molecule has 1 aromatic rings. The topological polar surface area (TPSA) is 20.3 Å². The third-order valence-corrected chi connectivity index (χ3v) is 3.98. The van der Waals surface area contributed by atoms with Crippen LogP contribution >= 0.6 is 0 Å². The van der Waals surface area contributed by atoms with Crippen molar-refractivity contribution < 1.29 is 9.18 Å². The monoisotopic (exact) mass is 249 g/mol. The van der Waals surface area contributed by atoms with E-state index in [0.29, 0.717) is 17.5 Å². The molecule has 1 fully saturated rings. The molecule has 0 saturated heterocycles. The van der Waals surface area contributed by atoms with E-state index in [1.54, 1.807) is 12.1 Å². The van der Waals surface area contributed by atoms with Gasteiger partial charge in [-0.3, -0.25) is 4.79 Å². The number of amides is 1. The number of hydrogen-bond acceptors (Lipinski definition) is 1. The molecule has 1 aliphatic rings. The summed E-state index contributed by atoms with van der Waals surface area (Å²) in [7, 11) is 1.86. The summed E-state index contributed by atoms with van der Waals surface area (Å²) in [5.41, 5.74) is 0.566. The first kappa shape index (κ1) is 13.1. The summed E-state index contributed by atoms with van der Waals surface area (Å²) < 4.78 is 12.8. The molecule has 3 heteroatoms. The zero-order valence-electron chi connectivity index (χ0n) is 11.0. The molecule has 0 N–H and O–H groups in total. The molecule has 2 nitrogen and oxygen atoms in total.